The molecule has 0 radical (unpaired) electrons. The van der Waals surface area contributed by atoms with E-state index in [0.29, 0.717) is 16.7 Å². The average Bonchev–Trinajstić information content (AvgIpc) is 3.02. The number of carbonyl (C=O) groups excluding carboxylic acids is 3. The van der Waals surface area contributed by atoms with Gasteiger partial charge in [-0.2, -0.15) is 0 Å². The summed E-state index contributed by atoms with van der Waals surface area (Å²) in [5, 5.41) is 2.73. The Kier molecular flexibility index (Phi) is 5.77. The first-order valence-electron chi connectivity index (χ1n) is 10.3. The van der Waals surface area contributed by atoms with E-state index in [0.717, 1.165) is 9.58 Å². The normalized spacial score (nSPS) is 13.9. The molecular weight excluding hydrogens is 442 g/mol. The third-order valence-electron chi connectivity index (χ3n) is 5.40. The fourth-order valence-electron chi connectivity index (χ4n) is 3.87. The van der Waals surface area contributed by atoms with Crippen molar-refractivity contribution in [1.82, 2.24) is 19.9 Å². The SMILES string of the molecule is Cc1nc2ccccc2c(=O)n1NC(=S)NC(=O)C(C(C)C)N1C(=O)c2ccccc2C1=O. The minimum absolute atomic E-state index is 0.162. The maximum Gasteiger partial charge on any atom is 0.280 e. The number of aromatic nitrogens is 2. The number of hydrogen-bond acceptors (Lipinski definition) is 6. The molecule has 3 aromatic rings. The van der Waals surface area contributed by atoms with Crippen molar-refractivity contribution in [2.24, 2.45) is 5.92 Å². The van der Waals surface area contributed by atoms with Crippen molar-refractivity contribution in [2.45, 2.75) is 26.8 Å². The lowest BCUT2D eigenvalue weighted by Crippen LogP contribution is -2.55. The Labute approximate surface area is 194 Å². The van der Waals surface area contributed by atoms with Gasteiger partial charge < -0.3 is 0 Å². The fourth-order valence-corrected chi connectivity index (χ4v) is 4.06. The molecule has 10 heteroatoms. The van der Waals surface area contributed by atoms with Gasteiger partial charge in [-0.1, -0.05) is 38.1 Å². The van der Waals surface area contributed by atoms with Gasteiger partial charge in [-0.05, 0) is 49.3 Å². The monoisotopic (exact) mass is 463 g/mol. The summed E-state index contributed by atoms with van der Waals surface area (Å²) in [6, 6.07) is 12.2. The summed E-state index contributed by atoms with van der Waals surface area (Å²) in [6.45, 7) is 5.08. The number of rotatable bonds is 4. The smallest absolute Gasteiger partial charge is 0.280 e. The Bertz CT molecular complexity index is 1350. The number of thiocarbonyl (C=S) groups is 1. The summed E-state index contributed by atoms with van der Waals surface area (Å²) < 4.78 is 1.14. The quantitative estimate of drug-likeness (QED) is 0.449. The molecule has 2 aromatic carbocycles. The standard InChI is InChI=1S/C23H21N5O4S/c1-12(2)18(27-20(30)14-8-4-5-9-15(14)21(27)31)19(29)25-23(33)26-28-13(3)24-17-11-7-6-10-16(17)22(28)32/h4-12,18H,1-3H3,(H2,25,26,29,33). The summed E-state index contributed by atoms with van der Waals surface area (Å²) in [4.78, 5) is 57.0. The van der Waals surface area contributed by atoms with Crippen molar-refractivity contribution < 1.29 is 14.4 Å². The van der Waals surface area contributed by atoms with Crippen molar-refractivity contribution in [3.63, 3.8) is 0 Å². The molecule has 1 unspecified atom stereocenters. The van der Waals surface area contributed by atoms with E-state index in [4.69, 9.17) is 12.2 Å². The van der Waals surface area contributed by atoms with E-state index < -0.39 is 23.8 Å². The first-order chi connectivity index (χ1) is 15.7. The highest BCUT2D eigenvalue weighted by Gasteiger charge is 2.44. The maximum absolute atomic E-state index is 13.1. The van der Waals surface area contributed by atoms with E-state index in [-0.39, 0.29) is 27.7 Å². The predicted octanol–water partition coefficient (Wildman–Crippen LogP) is 1.97. The van der Waals surface area contributed by atoms with Crippen LogP contribution in [0.2, 0.25) is 0 Å². The summed E-state index contributed by atoms with van der Waals surface area (Å²) in [5.74, 6) is -1.75. The van der Waals surface area contributed by atoms with Crippen LogP contribution in [0.25, 0.3) is 10.9 Å². The lowest BCUT2D eigenvalue weighted by atomic mass is 10.0. The zero-order valence-electron chi connectivity index (χ0n) is 18.2. The van der Waals surface area contributed by atoms with Gasteiger partial charge in [0.15, 0.2) is 5.11 Å². The molecule has 1 aliphatic heterocycles. The zero-order chi connectivity index (χ0) is 23.9. The summed E-state index contributed by atoms with van der Waals surface area (Å²) >= 11 is 5.24. The molecule has 1 aliphatic rings. The van der Waals surface area contributed by atoms with Crippen molar-refractivity contribution in [3.05, 3.63) is 75.8 Å². The van der Waals surface area contributed by atoms with Gasteiger partial charge in [-0.3, -0.25) is 34.8 Å². The lowest BCUT2D eigenvalue weighted by Gasteiger charge is -2.28. The van der Waals surface area contributed by atoms with Crippen molar-refractivity contribution >= 4 is 46.0 Å². The van der Waals surface area contributed by atoms with Gasteiger partial charge in [0.2, 0.25) is 5.91 Å². The molecule has 2 heterocycles. The zero-order valence-corrected chi connectivity index (χ0v) is 19.0. The topological polar surface area (TPSA) is 113 Å². The number of nitrogens with zero attached hydrogens (tertiary/aromatic N) is 3. The minimum Gasteiger partial charge on any atom is -0.300 e. The van der Waals surface area contributed by atoms with Crippen molar-refractivity contribution in [3.8, 4) is 0 Å². The third-order valence-corrected chi connectivity index (χ3v) is 5.59. The van der Waals surface area contributed by atoms with Crippen LogP contribution in [0.1, 0.15) is 40.4 Å². The van der Waals surface area contributed by atoms with Crippen LogP contribution in [0.4, 0.5) is 0 Å². The van der Waals surface area contributed by atoms with Crippen LogP contribution in [0.5, 0.6) is 0 Å². The second-order valence-corrected chi connectivity index (χ2v) is 8.37. The van der Waals surface area contributed by atoms with Crippen molar-refractivity contribution in [1.29, 1.82) is 0 Å². The molecule has 4 rings (SSSR count). The van der Waals surface area contributed by atoms with E-state index in [9.17, 15) is 19.2 Å². The summed E-state index contributed by atoms with van der Waals surface area (Å²) in [7, 11) is 0. The van der Waals surface area contributed by atoms with Gasteiger partial charge in [0.1, 0.15) is 11.9 Å². The average molecular weight is 464 g/mol. The first-order valence-corrected chi connectivity index (χ1v) is 10.7. The van der Waals surface area contributed by atoms with Crippen LogP contribution in [-0.4, -0.2) is 43.4 Å². The molecule has 9 nitrogen and oxygen atoms in total. The van der Waals surface area contributed by atoms with Gasteiger partial charge in [-0.15, -0.1) is 0 Å². The minimum atomic E-state index is -1.09. The molecular formula is C23H21N5O4S. The second-order valence-electron chi connectivity index (χ2n) is 7.96. The van der Waals surface area contributed by atoms with Crippen LogP contribution in [0.3, 0.4) is 0 Å². The van der Waals surface area contributed by atoms with Gasteiger partial charge in [-0.25, -0.2) is 9.66 Å². The molecule has 0 saturated carbocycles. The maximum atomic E-state index is 13.1. The number of benzene rings is 2. The summed E-state index contributed by atoms with van der Waals surface area (Å²) in [6.07, 6.45) is 0. The van der Waals surface area contributed by atoms with E-state index in [1.165, 1.54) is 0 Å². The molecule has 0 bridgehead atoms. The number of imide groups is 1. The lowest BCUT2D eigenvalue weighted by molar-refractivity contribution is -0.124. The van der Waals surface area contributed by atoms with E-state index in [1.807, 2.05) is 0 Å². The fraction of sp³-hybridized carbons (Fsp3) is 0.217. The van der Waals surface area contributed by atoms with Crippen LogP contribution in [0.15, 0.2) is 53.3 Å². The van der Waals surface area contributed by atoms with E-state index in [2.05, 4.69) is 15.7 Å². The van der Waals surface area contributed by atoms with E-state index in [1.54, 1.807) is 69.3 Å². The summed E-state index contributed by atoms with van der Waals surface area (Å²) in [5.41, 5.74) is 3.35. The van der Waals surface area contributed by atoms with Crippen LogP contribution < -0.4 is 16.3 Å². The molecule has 1 aromatic heterocycles. The van der Waals surface area contributed by atoms with Gasteiger partial charge in [0.05, 0.1) is 22.0 Å². The Hall–Kier alpha value is -3.92. The molecule has 0 spiro atoms. The molecule has 0 fully saturated rings. The van der Waals surface area contributed by atoms with Crippen LogP contribution >= 0.6 is 12.2 Å². The predicted molar refractivity (Wildman–Crippen MR) is 126 cm³/mol. The molecule has 33 heavy (non-hydrogen) atoms. The number of hydrogen-bond donors (Lipinski definition) is 2. The molecule has 1 atom stereocenters. The molecule has 168 valence electrons. The van der Waals surface area contributed by atoms with Crippen LogP contribution in [0, 0.1) is 12.8 Å². The number of nitrogens with one attached hydrogen (secondary N) is 2. The highest BCUT2D eigenvalue weighted by molar-refractivity contribution is 7.80. The Morgan fingerprint density at radius 3 is 2.15 bits per heavy atom. The molecule has 0 saturated heterocycles. The number of fused-ring (bicyclic) bond motifs is 2. The Morgan fingerprint density at radius 1 is 0.970 bits per heavy atom. The van der Waals surface area contributed by atoms with E-state index >= 15 is 0 Å². The van der Waals surface area contributed by atoms with Gasteiger partial charge in [0.25, 0.3) is 17.4 Å². The highest BCUT2D eigenvalue weighted by atomic mass is 32.1. The first kappa shape index (κ1) is 22.3. The van der Waals surface area contributed by atoms with Crippen LogP contribution in [-0.2, 0) is 4.79 Å². The number of aryl methyl sites for hydroxylation is 1. The molecule has 0 aliphatic carbocycles. The molecule has 3 amide bonds. The number of carbonyl (C=O) groups is 3. The second kappa shape index (κ2) is 8.55. The molecule has 2 N–H and O–H groups in total. The van der Waals surface area contributed by atoms with Crippen molar-refractivity contribution in [2.75, 3.05) is 5.43 Å². The number of amides is 3. The Balaban J connectivity index is 1.57. The highest BCUT2D eigenvalue weighted by Crippen LogP contribution is 2.27. The van der Waals surface area contributed by atoms with Gasteiger partial charge in [0, 0.05) is 0 Å². The Morgan fingerprint density at radius 2 is 1.55 bits per heavy atom. The third kappa shape index (κ3) is 3.89. The van der Waals surface area contributed by atoms with Gasteiger partial charge >= 0.3 is 0 Å². The largest absolute Gasteiger partial charge is 0.300 e. The number of para-hydroxylation sites is 1.